The third-order valence-corrected chi connectivity index (χ3v) is 10.2. The van der Waals surface area contributed by atoms with Crippen LogP contribution in [0.15, 0.2) is 48.0 Å². The van der Waals surface area contributed by atoms with Crippen LogP contribution in [-0.4, -0.2) is 81.7 Å². The minimum atomic E-state index is -4.99. The predicted molar refractivity (Wildman–Crippen MR) is 169 cm³/mol. The van der Waals surface area contributed by atoms with Crippen molar-refractivity contribution in [1.82, 2.24) is 19.7 Å². The van der Waals surface area contributed by atoms with Gasteiger partial charge in [0.25, 0.3) is 17.7 Å². The maximum Gasteiger partial charge on any atom is 0.425 e. The summed E-state index contributed by atoms with van der Waals surface area (Å²) in [5.74, 6) is -4.67. The third kappa shape index (κ3) is 7.85. The molecule has 3 atom stereocenters. The Hall–Kier alpha value is -4.35. The van der Waals surface area contributed by atoms with Crippen LogP contribution >= 0.6 is 11.3 Å². The van der Waals surface area contributed by atoms with Gasteiger partial charge in [-0.15, -0.1) is 11.3 Å². The van der Waals surface area contributed by atoms with Gasteiger partial charge in [0, 0.05) is 50.7 Å². The Morgan fingerprint density at radius 1 is 1.06 bits per heavy atom. The molecule has 0 N–H and O–H groups in total. The number of pyridine rings is 1. The number of alkyl halides is 8. The number of halogens is 9. The van der Waals surface area contributed by atoms with Crippen LogP contribution in [0.2, 0.25) is 0 Å². The largest absolute Gasteiger partial charge is 0.474 e. The normalized spacial score (nSPS) is 20.8. The van der Waals surface area contributed by atoms with Gasteiger partial charge in [0.05, 0.1) is 17.6 Å². The Balaban J connectivity index is 1.65. The summed E-state index contributed by atoms with van der Waals surface area (Å²) >= 11 is 0.280. The fraction of sp³-hybridized carbons (Fsp3) is 0.471. The molecule has 0 unspecified atom stereocenters. The number of benzene rings is 1. The lowest BCUT2D eigenvalue weighted by Gasteiger charge is -2.51. The summed E-state index contributed by atoms with van der Waals surface area (Å²) in [6.07, 6.45) is -12.4. The van der Waals surface area contributed by atoms with Crippen molar-refractivity contribution in [3.63, 3.8) is 0 Å². The van der Waals surface area contributed by atoms with E-state index in [4.69, 9.17) is 4.74 Å². The van der Waals surface area contributed by atoms with E-state index in [1.807, 2.05) is 0 Å². The van der Waals surface area contributed by atoms with E-state index in [0.29, 0.717) is 28.2 Å². The van der Waals surface area contributed by atoms with Gasteiger partial charge in [0.1, 0.15) is 22.1 Å². The summed E-state index contributed by atoms with van der Waals surface area (Å²) in [5.41, 5.74) is -3.65. The van der Waals surface area contributed by atoms with Crippen molar-refractivity contribution < 1.29 is 58.6 Å². The number of carbonyl (C=O) groups excluding carboxylic acids is 3. The number of carbonyl (C=O) groups is 3. The van der Waals surface area contributed by atoms with Gasteiger partial charge in [-0.25, -0.2) is 4.39 Å². The van der Waals surface area contributed by atoms with Crippen LogP contribution in [0.3, 0.4) is 0 Å². The lowest BCUT2D eigenvalue weighted by molar-refractivity contribution is -0.164. The molecule has 1 fully saturated rings. The van der Waals surface area contributed by atoms with Gasteiger partial charge in [-0.3, -0.25) is 19.4 Å². The number of aromatic nitrogens is 1. The molecule has 8 nitrogen and oxygen atoms in total. The molecule has 0 radical (unpaired) electrons. The monoisotopic (exact) mass is 764 g/mol. The highest BCUT2D eigenvalue weighted by Crippen LogP contribution is 2.43. The van der Waals surface area contributed by atoms with Crippen LogP contribution < -0.4 is 4.74 Å². The average molecular weight is 765 g/mol. The van der Waals surface area contributed by atoms with Gasteiger partial charge < -0.3 is 19.4 Å². The molecule has 52 heavy (non-hydrogen) atoms. The Kier molecular flexibility index (Phi) is 11.2. The lowest BCUT2D eigenvalue weighted by Crippen LogP contribution is -2.69. The SMILES string of the molecule is CCC[C@H]1N(C(=O)c2ncccc2C(F)(F)F)CCC[C@]1(Oc1csc(C(F)(F)F)c1)C(=O)N1Cc2ccc(F)cc2C[C@H]1CN(C)C(=O)C(F)F. The molecular weight excluding hydrogens is 731 g/mol. The number of amides is 3. The number of hydrogen-bond donors (Lipinski definition) is 0. The van der Waals surface area contributed by atoms with E-state index in [-0.39, 0.29) is 56.5 Å². The number of likely N-dealkylation sites (tertiary alicyclic amines) is 1. The van der Waals surface area contributed by atoms with Crippen LogP contribution in [0, 0.1) is 5.82 Å². The molecular formula is C34H33F9N4O4S. The lowest BCUT2D eigenvalue weighted by atomic mass is 9.78. The minimum Gasteiger partial charge on any atom is -0.474 e. The number of piperidine rings is 1. The number of hydrogen-bond acceptors (Lipinski definition) is 6. The van der Waals surface area contributed by atoms with E-state index >= 15 is 4.79 Å². The van der Waals surface area contributed by atoms with Crippen molar-refractivity contribution in [2.45, 2.75) is 82.0 Å². The Bertz CT molecular complexity index is 1800. The first kappa shape index (κ1) is 38.9. The molecule has 5 rings (SSSR count). The molecule has 2 aliphatic heterocycles. The molecule has 1 aromatic carbocycles. The molecule has 0 bridgehead atoms. The molecule has 0 spiro atoms. The zero-order valence-corrected chi connectivity index (χ0v) is 28.6. The summed E-state index contributed by atoms with van der Waals surface area (Å²) in [5, 5.41) is 1.02. The number of nitrogens with zero attached hydrogens (tertiary/aromatic N) is 4. The van der Waals surface area contributed by atoms with Crippen molar-refractivity contribution in [2.75, 3.05) is 20.1 Å². The maximum absolute atomic E-state index is 15.2. The molecule has 1 saturated heterocycles. The van der Waals surface area contributed by atoms with Crippen LogP contribution in [0.1, 0.15) is 64.7 Å². The van der Waals surface area contributed by atoms with Crippen molar-refractivity contribution in [2.24, 2.45) is 0 Å². The zero-order valence-electron chi connectivity index (χ0n) is 27.7. The third-order valence-electron chi connectivity index (χ3n) is 9.23. The smallest absolute Gasteiger partial charge is 0.425 e. The molecule has 0 aliphatic carbocycles. The number of fused-ring (bicyclic) bond motifs is 1. The number of rotatable bonds is 9. The van der Waals surface area contributed by atoms with Crippen molar-refractivity contribution in [3.8, 4) is 5.75 Å². The number of likely N-dealkylation sites (N-methyl/N-ethyl adjacent to an activating group) is 1. The Morgan fingerprint density at radius 3 is 2.42 bits per heavy atom. The van der Waals surface area contributed by atoms with E-state index < -0.39 is 88.4 Å². The first-order chi connectivity index (χ1) is 24.4. The van der Waals surface area contributed by atoms with E-state index in [9.17, 15) is 49.1 Å². The van der Waals surface area contributed by atoms with Crippen molar-refractivity contribution in [1.29, 1.82) is 0 Å². The number of thiophene rings is 1. The highest BCUT2D eigenvalue weighted by Gasteiger charge is 2.57. The van der Waals surface area contributed by atoms with E-state index in [1.165, 1.54) is 17.0 Å². The maximum atomic E-state index is 15.2. The van der Waals surface area contributed by atoms with Gasteiger partial charge in [0.2, 0.25) is 5.60 Å². The summed E-state index contributed by atoms with van der Waals surface area (Å²) < 4.78 is 131. The summed E-state index contributed by atoms with van der Waals surface area (Å²) in [4.78, 5) is 47.1. The highest BCUT2D eigenvalue weighted by molar-refractivity contribution is 7.10. The Labute approximate surface area is 296 Å². The molecule has 2 aliphatic rings. The summed E-state index contributed by atoms with van der Waals surface area (Å²) in [6, 6.07) is 3.62. The highest BCUT2D eigenvalue weighted by atomic mass is 32.1. The molecule has 3 aromatic rings. The summed E-state index contributed by atoms with van der Waals surface area (Å²) in [7, 11) is 1.08. The van der Waals surface area contributed by atoms with Crippen LogP contribution in [0.5, 0.6) is 5.75 Å². The second-order valence-electron chi connectivity index (χ2n) is 12.7. The van der Waals surface area contributed by atoms with Gasteiger partial charge in [0.15, 0.2) is 0 Å². The van der Waals surface area contributed by atoms with Crippen LogP contribution in [0.25, 0.3) is 0 Å². The Morgan fingerprint density at radius 2 is 1.79 bits per heavy atom. The van der Waals surface area contributed by atoms with Gasteiger partial charge in [-0.1, -0.05) is 19.4 Å². The van der Waals surface area contributed by atoms with Crippen LogP contribution in [-0.2, 0) is 34.9 Å². The van der Waals surface area contributed by atoms with Crippen molar-refractivity contribution >= 4 is 29.1 Å². The van der Waals surface area contributed by atoms with E-state index in [0.717, 1.165) is 35.7 Å². The van der Waals surface area contributed by atoms with Gasteiger partial charge in [-0.05, 0) is 54.7 Å². The second-order valence-corrected chi connectivity index (χ2v) is 13.6. The molecule has 0 saturated carbocycles. The fourth-order valence-corrected chi connectivity index (χ4v) is 7.58. The quantitative estimate of drug-likeness (QED) is 0.215. The van der Waals surface area contributed by atoms with E-state index in [2.05, 4.69) is 4.98 Å². The molecule has 18 heteroatoms. The summed E-state index contributed by atoms with van der Waals surface area (Å²) in [6.45, 7) is 0.760. The standard InChI is InChI=1S/C34H33F9N4O4S/c1-3-6-25-32(51-23-15-26(52-18-23)34(41,42)43,10-5-12-46(25)29(48)27-24(33(38,39)40)7-4-11-44-27)31(50)47-16-19-8-9-21(35)13-20(19)14-22(47)17-45(2)30(49)28(36)37/h4,7-9,11,13,15,18,22,25,28H,3,5-6,10,12,14,16-17H2,1-2H3/t22-,25+,32+/m0/s1. The van der Waals surface area contributed by atoms with E-state index in [1.54, 1.807) is 6.92 Å². The van der Waals surface area contributed by atoms with Gasteiger partial charge in [-0.2, -0.15) is 35.1 Å². The first-order valence-electron chi connectivity index (χ1n) is 16.2. The van der Waals surface area contributed by atoms with Crippen molar-refractivity contribution in [3.05, 3.63) is 81.1 Å². The molecule has 3 amide bonds. The zero-order chi connectivity index (χ0) is 38.2. The van der Waals surface area contributed by atoms with Crippen LogP contribution in [0.4, 0.5) is 39.5 Å². The molecule has 4 heterocycles. The predicted octanol–water partition coefficient (Wildman–Crippen LogP) is 7.22. The van der Waals surface area contributed by atoms with Gasteiger partial charge >= 0.3 is 18.8 Å². The molecule has 2 aromatic heterocycles. The fourth-order valence-electron chi connectivity index (χ4n) is 6.91. The number of ether oxygens (including phenoxy) is 1. The topological polar surface area (TPSA) is 83.1 Å². The average Bonchev–Trinajstić information content (AvgIpc) is 3.56. The second kappa shape index (κ2) is 14.9. The molecule has 282 valence electrons. The first-order valence-corrected chi connectivity index (χ1v) is 17.0. The minimum absolute atomic E-state index is 0.0494.